The first-order valence-electron chi connectivity index (χ1n) is 10.7. The number of amides is 1. The third-order valence-corrected chi connectivity index (χ3v) is 7.33. The van der Waals surface area contributed by atoms with Crippen LogP contribution in [-0.2, 0) is 26.0 Å². The number of nitrogens with one attached hydrogen (secondary N) is 1. The van der Waals surface area contributed by atoms with Gasteiger partial charge in [-0.3, -0.25) is 9.10 Å². The van der Waals surface area contributed by atoms with E-state index in [2.05, 4.69) is 5.32 Å². The lowest BCUT2D eigenvalue weighted by Crippen LogP contribution is -2.29. The van der Waals surface area contributed by atoms with E-state index in [4.69, 9.17) is 14.2 Å². The highest BCUT2D eigenvalue weighted by Crippen LogP contribution is 2.33. The molecule has 3 aromatic carbocycles. The molecule has 4 rings (SSSR count). The third kappa shape index (κ3) is 5.07. The number of esters is 1. The average molecular weight is 497 g/mol. The number of benzene rings is 3. The van der Waals surface area contributed by atoms with Gasteiger partial charge in [-0.1, -0.05) is 24.3 Å². The maximum Gasteiger partial charge on any atom is 0.338 e. The molecule has 1 aliphatic heterocycles. The van der Waals surface area contributed by atoms with Crippen LogP contribution in [0.5, 0.6) is 11.5 Å². The molecule has 0 spiro atoms. The monoisotopic (exact) mass is 496 g/mol. The predicted octanol–water partition coefficient (Wildman–Crippen LogP) is 3.25. The number of hydrogen-bond acceptors (Lipinski definition) is 7. The first-order valence-corrected chi connectivity index (χ1v) is 12.2. The molecule has 1 N–H and O–H groups in total. The fraction of sp³-hybridized carbons (Fsp3) is 0.200. The smallest absolute Gasteiger partial charge is 0.338 e. The van der Waals surface area contributed by atoms with Crippen molar-refractivity contribution in [2.24, 2.45) is 0 Å². The molecule has 0 radical (unpaired) electrons. The number of methoxy groups -OCH3 is 2. The van der Waals surface area contributed by atoms with Crippen LogP contribution in [0.1, 0.15) is 15.9 Å². The summed E-state index contributed by atoms with van der Waals surface area (Å²) in [6.45, 7) is -0.240. The average Bonchev–Trinajstić information content (AvgIpc) is 3.32. The van der Waals surface area contributed by atoms with E-state index in [0.717, 1.165) is 5.56 Å². The summed E-state index contributed by atoms with van der Waals surface area (Å²) >= 11 is 0. The highest BCUT2D eigenvalue weighted by atomic mass is 32.2. The molecule has 1 aliphatic rings. The highest BCUT2D eigenvalue weighted by Gasteiger charge is 2.31. The summed E-state index contributed by atoms with van der Waals surface area (Å²) in [6, 6.07) is 17.7. The van der Waals surface area contributed by atoms with Crippen LogP contribution in [0.4, 0.5) is 11.4 Å². The minimum atomic E-state index is -3.87. The molecule has 9 nitrogen and oxygen atoms in total. The Labute approximate surface area is 203 Å². The van der Waals surface area contributed by atoms with Crippen molar-refractivity contribution in [3.8, 4) is 11.5 Å². The molecule has 0 bridgehead atoms. The largest absolute Gasteiger partial charge is 0.497 e. The van der Waals surface area contributed by atoms with Crippen molar-refractivity contribution in [2.75, 3.05) is 37.0 Å². The molecule has 182 valence electrons. The van der Waals surface area contributed by atoms with Crippen molar-refractivity contribution >= 4 is 33.3 Å². The topological polar surface area (TPSA) is 111 Å². The zero-order valence-corrected chi connectivity index (χ0v) is 20.0. The van der Waals surface area contributed by atoms with Crippen molar-refractivity contribution in [1.82, 2.24) is 0 Å². The molecular weight excluding hydrogens is 472 g/mol. The van der Waals surface area contributed by atoms with E-state index in [1.165, 1.54) is 42.8 Å². The number of nitrogens with zero attached hydrogens (tertiary/aromatic N) is 1. The highest BCUT2D eigenvalue weighted by molar-refractivity contribution is 7.92. The molecule has 35 heavy (non-hydrogen) atoms. The lowest BCUT2D eigenvalue weighted by atomic mass is 10.2. The maximum absolute atomic E-state index is 13.2. The van der Waals surface area contributed by atoms with Crippen molar-refractivity contribution in [2.45, 2.75) is 11.3 Å². The summed E-state index contributed by atoms with van der Waals surface area (Å²) < 4.78 is 43.3. The number of hydrogen-bond donors (Lipinski definition) is 1. The van der Waals surface area contributed by atoms with Crippen LogP contribution in [-0.4, -0.2) is 47.7 Å². The molecule has 0 aromatic heterocycles. The van der Waals surface area contributed by atoms with Gasteiger partial charge >= 0.3 is 5.97 Å². The van der Waals surface area contributed by atoms with Crippen LogP contribution >= 0.6 is 0 Å². The van der Waals surface area contributed by atoms with Crippen LogP contribution < -0.4 is 19.1 Å². The van der Waals surface area contributed by atoms with E-state index in [1.807, 2.05) is 12.1 Å². The summed E-state index contributed by atoms with van der Waals surface area (Å²) in [5.41, 5.74) is 1.99. The van der Waals surface area contributed by atoms with E-state index in [9.17, 15) is 18.0 Å². The number of rotatable bonds is 8. The Bertz CT molecular complexity index is 1370. The van der Waals surface area contributed by atoms with Gasteiger partial charge in [-0.05, 0) is 48.4 Å². The molecule has 0 fully saturated rings. The first kappa shape index (κ1) is 24.1. The second-order valence-corrected chi connectivity index (χ2v) is 9.54. The van der Waals surface area contributed by atoms with E-state index in [-0.39, 0.29) is 10.5 Å². The normalized spacial score (nSPS) is 12.6. The Kier molecular flexibility index (Phi) is 6.92. The Morgan fingerprint density at radius 1 is 0.971 bits per heavy atom. The van der Waals surface area contributed by atoms with E-state index >= 15 is 0 Å². The van der Waals surface area contributed by atoms with E-state index < -0.39 is 28.5 Å². The van der Waals surface area contributed by atoms with Gasteiger partial charge in [-0.25, -0.2) is 13.2 Å². The van der Waals surface area contributed by atoms with Gasteiger partial charge in [0.2, 0.25) is 0 Å². The van der Waals surface area contributed by atoms with Crippen LogP contribution in [0.15, 0.2) is 71.6 Å². The van der Waals surface area contributed by atoms with Crippen molar-refractivity contribution in [3.63, 3.8) is 0 Å². The molecule has 0 aliphatic carbocycles. The Morgan fingerprint density at radius 2 is 1.77 bits per heavy atom. The van der Waals surface area contributed by atoms with Gasteiger partial charge in [0.1, 0.15) is 11.5 Å². The number of carbonyl (C=O) groups excluding carboxylic acids is 2. The van der Waals surface area contributed by atoms with Gasteiger partial charge in [-0.2, -0.15) is 0 Å². The third-order valence-electron chi connectivity index (χ3n) is 5.52. The van der Waals surface area contributed by atoms with Crippen LogP contribution in [0.2, 0.25) is 0 Å². The summed E-state index contributed by atoms with van der Waals surface area (Å²) in [6.07, 6.45) is 0.616. The fourth-order valence-corrected chi connectivity index (χ4v) is 5.32. The fourth-order valence-electron chi connectivity index (χ4n) is 3.77. The van der Waals surface area contributed by atoms with Gasteiger partial charge in [0.25, 0.3) is 15.9 Å². The van der Waals surface area contributed by atoms with Gasteiger partial charge in [-0.15, -0.1) is 0 Å². The standard InChI is InChI=1S/C25H24N2O7S/c1-32-19-10-11-21(23(15-19)33-2)26-24(28)16-34-25(29)18-7-5-8-20(14-18)35(30,31)27-13-12-17-6-3-4-9-22(17)27/h3-11,14-15H,12-13,16H2,1-2H3,(H,26,28). The molecule has 0 saturated carbocycles. The number of sulfonamides is 1. The first-order chi connectivity index (χ1) is 16.8. The number of fused-ring (bicyclic) bond motifs is 1. The van der Waals surface area contributed by atoms with Crippen molar-refractivity contribution < 1.29 is 32.2 Å². The zero-order valence-electron chi connectivity index (χ0n) is 19.2. The molecule has 10 heteroatoms. The Morgan fingerprint density at radius 3 is 2.54 bits per heavy atom. The quantitative estimate of drug-likeness (QED) is 0.477. The van der Waals surface area contributed by atoms with E-state index in [1.54, 1.807) is 30.3 Å². The summed E-state index contributed by atoms with van der Waals surface area (Å²) in [7, 11) is -0.910. The number of para-hydroxylation sites is 1. The van der Waals surface area contributed by atoms with Gasteiger partial charge in [0.05, 0.1) is 36.1 Å². The van der Waals surface area contributed by atoms with Crippen LogP contribution in [0.3, 0.4) is 0 Å². The maximum atomic E-state index is 13.2. The Hall–Kier alpha value is -4.05. The summed E-state index contributed by atoms with van der Waals surface area (Å²) in [5, 5.41) is 2.60. The summed E-state index contributed by atoms with van der Waals surface area (Å²) in [5.74, 6) is -0.469. The van der Waals surface area contributed by atoms with Crippen molar-refractivity contribution in [1.29, 1.82) is 0 Å². The summed E-state index contributed by atoms with van der Waals surface area (Å²) in [4.78, 5) is 24.8. The number of anilines is 2. The second-order valence-electron chi connectivity index (χ2n) is 7.67. The molecule has 3 aromatic rings. The lowest BCUT2D eigenvalue weighted by Gasteiger charge is -2.19. The van der Waals surface area contributed by atoms with Gasteiger partial charge < -0.3 is 19.5 Å². The lowest BCUT2D eigenvalue weighted by molar-refractivity contribution is -0.119. The minimum absolute atomic E-state index is 0.0217. The second kappa shape index (κ2) is 10.1. The molecule has 1 amide bonds. The predicted molar refractivity (Wildman–Crippen MR) is 130 cm³/mol. The number of ether oxygens (including phenoxy) is 3. The molecular formula is C25H24N2O7S. The van der Waals surface area contributed by atoms with Crippen LogP contribution in [0.25, 0.3) is 0 Å². The zero-order chi connectivity index (χ0) is 25.0. The van der Waals surface area contributed by atoms with E-state index in [0.29, 0.717) is 35.8 Å². The van der Waals surface area contributed by atoms with Crippen LogP contribution in [0, 0.1) is 0 Å². The molecule has 0 atom stereocenters. The molecule has 0 saturated heterocycles. The molecule has 0 unspecified atom stereocenters. The van der Waals surface area contributed by atoms with Crippen molar-refractivity contribution in [3.05, 3.63) is 77.9 Å². The SMILES string of the molecule is COc1ccc(NC(=O)COC(=O)c2cccc(S(=O)(=O)N3CCc4ccccc43)c2)c(OC)c1. The molecule has 1 heterocycles. The van der Waals surface area contributed by atoms with Gasteiger partial charge in [0, 0.05) is 12.6 Å². The Balaban J connectivity index is 1.43. The van der Waals surface area contributed by atoms with Gasteiger partial charge in [0.15, 0.2) is 6.61 Å². The minimum Gasteiger partial charge on any atom is -0.497 e. The number of carbonyl (C=O) groups is 2.